The highest BCUT2D eigenvalue weighted by molar-refractivity contribution is 5.63. The highest BCUT2D eigenvalue weighted by Crippen LogP contribution is 2.16. The molecule has 0 heterocycles. The molecule has 0 aromatic heterocycles. The second-order valence-electron chi connectivity index (χ2n) is 3.30. The summed E-state index contributed by atoms with van der Waals surface area (Å²) < 4.78 is 0. The van der Waals surface area contributed by atoms with E-state index in [-0.39, 0.29) is 0 Å². The van der Waals surface area contributed by atoms with E-state index in [0.29, 0.717) is 5.75 Å². The van der Waals surface area contributed by atoms with Crippen LogP contribution in [0.5, 0.6) is 5.75 Å². The van der Waals surface area contributed by atoms with Crippen LogP contribution in [0.4, 0.5) is 0 Å². The van der Waals surface area contributed by atoms with Gasteiger partial charge in [-0.15, -0.1) is 5.73 Å². The first-order valence-electron chi connectivity index (χ1n) is 4.29. The van der Waals surface area contributed by atoms with Gasteiger partial charge in [0.1, 0.15) is 5.75 Å². The zero-order chi connectivity index (χ0) is 9.84. The fourth-order valence-electron chi connectivity index (χ4n) is 1.16. The molecule has 1 aromatic rings. The van der Waals surface area contributed by atoms with Crippen LogP contribution in [0.15, 0.2) is 35.6 Å². The lowest BCUT2D eigenvalue weighted by atomic mass is 10.1. The van der Waals surface area contributed by atoms with Crippen LogP contribution in [0.2, 0.25) is 0 Å². The van der Waals surface area contributed by atoms with Gasteiger partial charge >= 0.3 is 0 Å². The Balaban J connectivity index is 3.11. The minimum Gasteiger partial charge on any atom is -0.508 e. The maximum absolute atomic E-state index is 9.09. The average Bonchev–Trinajstić information content (AvgIpc) is 2.04. The van der Waals surface area contributed by atoms with E-state index in [0.717, 1.165) is 16.7 Å². The van der Waals surface area contributed by atoms with E-state index in [1.54, 1.807) is 12.1 Å². The Hall–Kier alpha value is -1.46. The molecule has 0 saturated heterocycles. The maximum Gasteiger partial charge on any atom is 0.115 e. The standard InChI is InChI=1S/C12H14O/c1-9(2)8-10(3)11-4-6-12(13)7-5-11/h4-7,13H,1-3H3. The molecule has 68 valence electrons. The second kappa shape index (κ2) is 3.97. The molecular formula is C12H14O. The summed E-state index contributed by atoms with van der Waals surface area (Å²) in [6.45, 7) is 6.05. The van der Waals surface area contributed by atoms with Gasteiger partial charge in [0.25, 0.3) is 0 Å². The number of allylic oxidation sites excluding steroid dienone is 1. The Morgan fingerprint density at radius 2 is 1.62 bits per heavy atom. The minimum atomic E-state index is 0.300. The highest BCUT2D eigenvalue weighted by atomic mass is 16.3. The van der Waals surface area contributed by atoms with Crippen molar-refractivity contribution < 1.29 is 5.11 Å². The van der Waals surface area contributed by atoms with Gasteiger partial charge in [0.2, 0.25) is 0 Å². The monoisotopic (exact) mass is 174 g/mol. The van der Waals surface area contributed by atoms with E-state index >= 15 is 0 Å². The third-order valence-corrected chi connectivity index (χ3v) is 1.74. The third-order valence-electron chi connectivity index (χ3n) is 1.74. The molecule has 0 aliphatic carbocycles. The lowest BCUT2D eigenvalue weighted by molar-refractivity contribution is 0.475. The maximum atomic E-state index is 9.09. The third kappa shape index (κ3) is 2.81. The topological polar surface area (TPSA) is 20.2 Å². The van der Waals surface area contributed by atoms with Crippen LogP contribution in [0.1, 0.15) is 26.3 Å². The van der Waals surface area contributed by atoms with Crippen molar-refractivity contribution in [1.82, 2.24) is 0 Å². The molecule has 1 N–H and O–H groups in total. The van der Waals surface area contributed by atoms with Gasteiger partial charge in [-0.25, -0.2) is 0 Å². The Bertz CT molecular complexity index is 347. The van der Waals surface area contributed by atoms with Gasteiger partial charge in [-0.05, 0) is 49.6 Å². The molecule has 0 unspecified atom stereocenters. The van der Waals surface area contributed by atoms with Crippen LogP contribution in [0.3, 0.4) is 0 Å². The molecule has 0 fully saturated rings. The van der Waals surface area contributed by atoms with Crippen molar-refractivity contribution in [1.29, 1.82) is 0 Å². The zero-order valence-corrected chi connectivity index (χ0v) is 8.26. The quantitative estimate of drug-likeness (QED) is 0.647. The summed E-state index contributed by atoms with van der Waals surface area (Å²) in [5, 5.41) is 9.09. The van der Waals surface area contributed by atoms with Crippen LogP contribution in [-0.4, -0.2) is 5.11 Å². The normalized spacial score (nSPS) is 9.15. The minimum absolute atomic E-state index is 0.300. The number of rotatable bonds is 1. The van der Waals surface area contributed by atoms with Crippen molar-refractivity contribution in [3.63, 3.8) is 0 Å². The first kappa shape index (κ1) is 9.63. The molecule has 13 heavy (non-hydrogen) atoms. The van der Waals surface area contributed by atoms with Gasteiger partial charge in [0.15, 0.2) is 0 Å². The fourth-order valence-corrected chi connectivity index (χ4v) is 1.16. The molecule has 1 aromatic carbocycles. The van der Waals surface area contributed by atoms with Gasteiger partial charge < -0.3 is 5.11 Å². The van der Waals surface area contributed by atoms with Gasteiger partial charge in [-0.3, -0.25) is 0 Å². The molecule has 1 rings (SSSR count). The van der Waals surface area contributed by atoms with E-state index in [9.17, 15) is 0 Å². The van der Waals surface area contributed by atoms with Crippen molar-refractivity contribution >= 4 is 5.57 Å². The number of benzene rings is 1. The molecule has 0 aliphatic heterocycles. The summed E-state index contributed by atoms with van der Waals surface area (Å²) in [6.07, 6.45) is 0. The van der Waals surface area contributed by atoms with Crippen LogP contribution >= 0.6 is 0 Å². The summed E-state index contributed by atoms with van der Waals surface area (Å²) in [7, 11) is 0. The van der Waals surface area contributed by atoms with Crippen LogP contribution < -0.4 is 0 Å². The van der Waals surface area contributed by atoms with Crippen molar-refractivity contribution in [3.8, 4) is 5.75 Å². The SMILES string of the molecule is CC(C)=C=C(C)c1ccc(O)cc1. The van der Waals surface area contributed by atoms with Crippen molar-refractivity contribution in [2.45, 2.75) is 20.8 Å². The van der Waals surface area contributed by atoms with E-state index in [1.807, 2.05) is 32.9 Å². The van der Waals surface area contributed by atoms with Crippen molar-refractivity contribution in [3.05, 3.63) is 41.1 Å². The smallest absolute Gasteiger partial charge is 0.115 e. The van der Waals surface area contributed by atoms with Crippen molar-refractivity contribution in [2.24, 2.45) is 0 Å². The van der Waals surface area contributed by atoms with Crippen LogP contribution in [0, 0.1) is 0 Å². The van der Waals surface area contributed by atoms with E-state index in [1.165, 1.54) is 0 Å². The molecule has 0 saturated carbocycles. The Kier molecular flexibility index (Phi) is 2.94. The van der Waals surface area contributed by atoms with Crippen LogP contribution in [-0.2, 0) is 0 Å². The first-order valence-corrected chi connectivity index (χ1v) is 4.29. The van der Waals surface area contributed by atoms with Crippen molar-refractivity contribution in [2.75, 3.05) is 0 Å². The fraction of sp³-hybridized carbons (Fsp3) is 0.250. The van der Waals surface area contributed by atoms with E-state index < -0.39 is 0 Å². The summed E-state index contributed by atoms with van der Waals surface area (Å²) in [5.41, 5.74) is 6.58. The Morgan fingerprint density at radius 3 is 2.08 bits per heavy atom. The Labute approximate surface area is 79.0 Å². The number of hydrogen-bond donors (Lipinski definition) is 1. The molecule has 0 spiro atoms. The number of hydrogen-bond acceptors (Lipinski definition) is 1. The van der Waals surface area contributed by atoms with E-state index in [2.05, 4.69) is 5.73 Å². The summed E-state index contributed by atoms with van der Waals surface area (Å²) in [5.74, 6) is 0.300. The molecule has 0 amide bonds. The highest BCUT2D eigenvalue weighted by Gasteiger charge is 1.93. The lowest BCUT2D eigenvalue weighted by Gasteiger charge is -1.98. The summed E-state index contributed by atoms with van der Waals surface area (Å²) >= 11 is 0. The van der Waals surface area contributed by atoms with Gasteiger partial charge in [0.05, 0.1) is 0 Å². The average molecular weight is 174 g/mol. The van der Waals surface area contributed by atoms with Crippen LogP contribution in [0.25, 0.3) is 5.57 Å². The molecule has 1 nitrogen and oxygen atoms in total. The van der Waals surface area contributed by atoms with Gasteiger partial charge in [-0.1, -0.05) is 12.1 Å². The Morgan fingerprint density at radius 1 is 1.08 bits per heavy atom. The summed E-state index contributed by atoms with van der Waals surface area (Å²) in [6, 6.07) is 7.15. The second-order valence-corrected chi connectivity index (χ2v) is 3.30. The molecule has 0 atom stereocenters. The molecule has 0 radical (unpaired) electrons. The molecule has 0 bridgehead atoms. The molecule has 0 aliphatic rings. The largest absolute Gasteiger partial charge is 0.508 e. The predicted octanol–water partition coefficient (Wildman–Crippen LogP) is 3.36. The zero-order valence-electron chi connectivity index (χ0n) is 8.26. The molecular weight excluding hydrogens is 160 g/mol. The van der Waals surface area contributed by atoms with E-state index in [4.69, 9.17) is 5.11 Å². The summed E-state index contributed by atoms with van der Waals surface area (Å²) in [4.78, 5) is 0. The van der Waals surface area contributed by atoms with Gasteiger partial charge in [0, 0.05) is 0 Å². The molecule has 1 heteroatoms. The number of phenols is 1. The first-order chi connectivity index (χ1) is 6.09. The number of aromatic hydroxyl groups is 1. The van der Waals surface area contributed by atoms with Gasteiger partial charge in [-0.2, -0.15) is 0 Å². The predicted molar refractivity (Wildman–Crippen MR) is 55.6 cm³/mol. The lowest BCUT2D eigenvalue weighted by Crippen LogP contribution is -1.76. The number of phenolic OH excluding ortho intramolecular Hbond substituents is 1.